The van der Waals surface area contributed by atoms with Crippen molar-refractivity contribution in [3.63, 3.8) is 0 Å². The molecule has 0 spiro atoms. The molecule has 2 aromatic heterocycles. The minimum atomic E-state index is -0.267. The number of carbonyl (C=O) groups excluding carboxylic acids is 1. The number of aromatic amines is 1. The summed E-state index contributed by atoms with van der Waals surface area (Å²) in [6.07, 6.45) is 4.29. The summed E-state index contributed by atoms with van der Waals surface area (Å²) in [7, 11) is 0. The lowest BCUT2D eigenvalue weighted by molar-refractivity contribution is -0.131. The number of amides is 1. The van der Waals surface area contributed by atoms with Crippen molar-refractivity contribution in [2.45, 2.75) is 25.2 Å². The number of hydrogen-bond donors (Lipinski definition) is 1. The molecular formula is C26H24FN3O. The molecule has 1 aliphatic rings. The molecule has 3 heterocycles. The summed E-state index contributed by atoms with van der Waals surface area (Å²) in [6, 6.07) is 20.5. The number of halogens is 1. The third-order valence-electron chi connectivity index (χ3n) is 6.10. The Morgan fingerprint density at radius 1 is 1.10 bits per heavy atom. The molecule has 0 aliphatic carbocycles. The molecule has 0 saturated carbocycles. The maximum Gasteiger partial charge on any atom is 0.227 e. The lowest BCUT2D eigenvalue weighted by Gasteiger charge is -2.32. The minimum Gasteiger partial charge on any atom is -0.361 e. The van der Waals surface area contributed by atoms with Crippen LogP contribution in [0, 0.1) is 5.82 Å². The van der Waals surface area contributed by atoms with Crippen LogP contribution < -0.4 is 0 Å². The maximum absolute atomic E-state index is 13.6. The van der Waals surface area contributed by atoms with Crippen molar-refractivity contribution in [1.29, 1.82) is 0 Å². The molecule has 1 fully saturated rings. The highest BCUT2D eigenvalue weighted by molar-refractivity contribution is 5.89. The Morgan fingerprint density at radius 2 is 1.97 bits per heavy atom. The van der Waals surface area contributed by atoms with Gasteiger partial charge in [-0.1, -0.05) is 36.4 Å². The van der Waals surface area contributed by atoms with E-state index in [9.17, 15) is 9.18 Å². The second-order valence-electron chi connectivity index (χ2n) is 8.17. The van der Waals surface area contributed by atoms with Crippen LogP contribution in [0.5, 0.6) is 0 Å². The summed E-state index contributed by atoms with van der Waals surface area (Å²) < 4.78 is 13.6. The Labute approximate surface area is 180 Å². The van der Waals surface area contributed by atoms with E-state index in [1.165, 1.54) is 12.1 Å². The molecule has 1 amide bonds. The van der Waals surface area contributed by atoms with E-state index >= 15 is 0 Å². The molecule has 1 aliphatic heterocycles. The van der Waals surface area contributed by atoms with Crippen molar-refractivity contribution in [2.24, 2.45) is 0 Å². The fourth-order valence-electron chi connectivity index (χ4n) is 4.49. The summed E-state index contributed by atoms with van der Waals surface area (Å²) in [6.45, 7) is 1.45. The number of pyridine rings is 1. The number of benzene rings is 2. The second-order valence-corrected chi connectivity index (χ2v) is 8.17. The first-order chi connectivity index (χ1) is 15.2. The highest BCUT2D eigenvalue weighted by Gasteiger charge is 2.26. The van der Waals surface area contributed by atoms with Crippen LogP contribution in [0.3, 0.4) is 0 Å². The van der Waals surface area contributed by atoms with Crippen LogP contribution in [0.2, 0.25) is 0 Å². The van der Waals surface area contributed by atoms with E-state index in [0.717, 1.165) is 52.8 Å². The highest BCUT2D eigenvalue weighted by Crippen LogP contribution is 2.29. The van der Waals surface area contributed by atoms with E-state index < -0.39 is 0 Å². The minimum absolute atomic E-state index is 0.149. The van der Waals surface area contributed by atoms with Gasteiger partial charge in [0.2, 0.25) is 5.91 Å². The average Bonchev–Trinajstić information content (AvgIpc) is 3.22. The Hall–Kier alpha value is -3.47. The Morgan fingerprint density at radius 3 is 2.87 bits per heavy atom. The largest absolute Gasteiger partial charge is 0.361 e. The first-order valence-electron chi connectivity index (χ1n) is 10.7. The van der Waals surface area contributed by atoms with E-state index in [-0.39, 0.29) is 17.6 Å². The summed E-state index contributed by atoms with van der Waals surface area (Å²) in [4.78, 5) is 23.1. The normalized spacial score (nSPS) is 16.5. The van der Waals surface area contributed by atoms with Crippen LogP contribution in [-0.4, -0.2) is 33.9 Å². The zero-order valence-corrected chi connectivity index (χ0v) is 17.2. The SMILES string of the molecule is O=C(Cc1c[nH]c2ccccc12)N1CCCC(c2cccc(-c3cccc(F)c3)n2)C1. The molecule has 5 rings (SSSR count). The van der Waals surface area contributed by atoms with E-state index in [1.807, 2.05) is 53.6 Å². The standard InChI is InChI=1S/C26H24FN3O/c27-21-8-3-6-18(14-21)23-11-4-12-24(29-23)19-7-5-13-30(17-19)26(31)15-20-16-28-25-10-2-1-9-22(20)25/h1-4,6,8-12,14,16,19,28H,5,7,13,15,17H2. The number of likely N-dealkylation sites (tertiary alicyclic amines) is 1. The third-order valence-corrected chi connectivity index (χ3v) is 6.10. The quantitative estimate of drug-likeness (QED) is 0.492. The fourth-order valence-corrected chi connectivity index (χ4v) is 4.49. The van der Waals surface area contributed by atoms with Gasteiger partial charge in [0, 0.05) is 47.4 Å². The van der Waals surface area contributed by atoms with Crippen molar-refractivity contribution >= 4 is 16.8 Å². The Balaban J connectivity index is 1.32. The van der Waals surface area contributed by atoms with Gasteiger partial charge in [-0.25, -0.2) is 4.39 Å². The maximum atomic E-state index is 13.6. The third kappa shape index (κ3) is 4.08. The smallest absolute Gasteiger partial charge is 0.227 e. The van der Waals surface area contributed by atoms with Crippen molar-refractivity contribution in [1.82, 2.24) is 14.9 Å². The zero-order valence-electron chi connectivity index (χ0n) is 17.2. The van der Waals surface area contributed by atoms with E-state index in [1.54, 1.807) is 6.07 Å². The lowest BCUT2D eigenvalue weighted by Crippen LogP contribution is -2.40. The Kier molecular flexibility index (Phi) is 5.24. The van der Waals surface area contributed by atoms with Crippen molar-refractivity contribution in [3.05, 3.63) is 90.0 Å². The predicted octanol–water partition coefficient (Wildman–Crippen LogP) is 5.32. The van der Waals surface area contributed by atoms with Gasteiger partial charge in [0.15, 0.2) is 0 Å². The van der Waals surface area contributed by atoms with Crippen LogP contribution >= 0.6 is 0 Å². The molecule has 1 atom stereocenters. The predicted molar refractivity (Wildman–Crippen MR) is 120 cm³/mol. The van der Waals surface area contributed by atoms with Gasteiger partial charge in [-0.05, 0) is 48.7 Å². The number of piperidine rings is 1. The van der Waals surface area contributed by atoms with E-state index in [2.05, 4.69) is 11.1 Å². The molecule has 156 valence electrons. The van der Waals surface area contributed by atoms with Crippen LogP contribution in [0.4, 0.5) is 4.39 Å². The number of para-hydroxylation sites is 1. The molecule has 0 bridgehead atoms. The molecule has 4 aromatic rings. The molecule has 1 unspecified atom stereocenters. The first kappa shape index (κ1) is 19.5. The number of nitrogens with zero attached hydrogens (tertiary/aromatic N) is 2. The lowest BCUT2D eigenvalue weighted by atomic mass is 9.93. The monoisotopic (exact) mass is 413 g/mol. The molecule has 5 heteroatoms. The number of carbonyl (C=O) groups is 1. The average molecular weight is 413 g/mol. The number of H-pyrrole nitrogens is 1. The van der Waals surface area contributed by atoms with Gasteiger partial charge in [0.05, 0.1) is 12.1 Å². The topological polar surface area (TPSA) is 49.0 Å². The molecule has 1 N–H and O–H groups in total. The molecule has 0 radical (unpaired) electrons. The van der Waals surface area contributed by atoms with Gasteiger partial charge >= 0.3 is 0 Å². The van der Waals surface area contributed by atoms with Gasteiger partial charge in [0.1, 0.15) is 5.82 Å². The number of nitrogens with one attached hydrogen (secondary N) is 1. The van der Waals surface area contributed by atoms with Crippen LogP contribution in [0.25, 0.3) is 22.2 Å². The summed E-state index contributed by atoms with van der Waals surface area (Å²) >= 11 is 0. The number of hydrogen-bond acceptors (Lipinski definition) is 2. The fraction of sp³-hybridized carbons (Fsp3) is 0.231. The molecule has 1 saturated heterocycles. The summed E-state index contributed by atoms with van der Waals surface area (Å²) in [5.41, 5.74) is 4.59. The van der Waals surface area contributed by atoms with Gasteiger partial charge < -0.3 is 9.88 Å². The molecule has 31 heavy (non-hydrogen) atoms. The number of aromatic nitrogens is 2. The zero-order chi connectivity index (χ0) is 21.2. The Bertz CT molecular complexity index is 1230. The molecule has 2 aromatic carbocycles. The van der Waals surface area contributed by atoms with Crippen LogP contribution in [0.1, 0.15) is 30.0 Å². The summed E-state index contributed by atoms with van der Waals surface area (Å²) in [5, 5.41) is 1.11. The van der Waals surface area contributed by atoms with E-state index in [0.29, 0.717) is 13.0 Å². The van der Waals surface area contributed by atoms with Gasteiger partial charge in [0.25, 0.3) is 0 Å². The summed E-state index contributed by atoms with van der Waals surface area (Å²) in [5.74, 6) is 0.0707. The van der Waals surface area contributed by atoms with Crippen molar-refractivity contribution in [3.8, 4) is 11.3 Å². The number of rotatable bonds is 4. The first-order valence-corrected chi connectivity index (χ1v) is 10.7. The second kappa shape index (κ2) is 8.34. The van der Waals surface area contributed by atoms with Gasteiger partial charge in [-0.15, -0.1) is 0 Å². The van der Waals surface area contributed by atoms with Gasteiger partial charge in [-0.2, -0.15) is 0 Å². The van der Waals surface area contributed by atoms with Gasteiger partial charge in [-0.3, -0.25) is 9.78 Å². The number of fused-ring (bicyclic) bond motifs is 1. The van der Waals surface area contributed by atoms with Crippen LogP contribution in [0.15, 0.2) is 72.9 Å². The van der Waals surface area contributed by atoms with Crippen molar-refractivity contribution < 1.29 is 9.18 Å². The highest BCUT2D eigenvalue weighted by atomic mass is 19.1. The van der Waals surface area contributed by atoms with Crippen molar-refractivity contribution in [2.75, 3.05) is 13.1 Å². The van der Waals surface area contributed by atoms with E-state index in [4.69, 9.17) is 4.98 Å². The van der Waals surface area contributed by atoms with Crippen LogP contribution in [-0.2, 0) is 11.2 Å². The molecular weight excluding hydrogens is 389 g/mol. The molecule has 4 nitrogen and oxygen atoms in total.